The molecule has 1 saturated heterocycles. The van der Waals surface area contributed by atoms with Crippen LogP contribution >= 0.6 is 0 Å². The summed E-state index contributed by atoms with van der Waals surface area (Å²) in [5.74, 6) is 1.72. The van der Waals surface area contributed by atoms with Gasteiger partial charge in [-0.2, -0.15) is 0 Å². The van der Waals surface area contributed by atoms with Crippen LogP contribution in [0, 0.1) is 11.8 Å². The Balaban J connectivity index is 1.80. The minimum atomic E-state index is 0.758. The molecule has 2 heteroatoms. The normalized spacial score (nSPS) is 26.2. The Labute approximate surface area is 101 Å². The smallest absolute Gasteiger partial charge is 0.0243 e. The van der Waals surface area contributed by atoms with Crippen LogP contribution in [0.2, 0.25) is 0 Å². The van der Waals surface area contributed by atoms with Gasteiger partial charge in [0.2, 0.25) is 0 Å². The largest absolute Gasteiger partial charge is 0.312 e. The Morgan fingerprint density at radius 1 is 1.12 bits per heavy atom. The van der Waals surface area contributed by atoms with Crippen LogP contribution in [0.3, 0.4) is 0 Å². The summed E-state index contributed by atoms with van der Waals surface area (Å²) < 4.78 is 0. The van der Waals surface area contributed by atoms with Gasteiger partial charge in [0.1, 0.15) is 0 Å². The molecule has 0 aromatic rings. The zero-order valence-corrected chi connectivity index (χ0v) is 11.2. The highest BCUT2D eigenvalue weighted by Gasteiger charge is 2.28. The van der Waals surface area contributed by atoms with Gasteiger partial charge >= 0.3 is 0 Å². The molecule has 1 heterocycles. The van der Waals surface area contributed by atoms with Crippen molar-refractivity contribution in [1.29, 1.82) is 0 Å². The average molecular weight is 224 g/mol. The first-order chi connectivity index (χ1) is 7.66. The third kappa shape index (κ3) is 3.46. The molecule has 2 nitrogen and oxygen atoms in total. The van der Waals surface area contributed by atoms with Crippen LogP contribution in [0.4, 0.5) is 0 Å². The maximum absolute atomic E-state index is 3.70. The predicted molar refractivity (Wildman–Crippen MR) is 69.6 cm³/mol. The van der Waals surface area contributed by atoms with Gasteiger partial charge in [0.05, 0.1) is 0 Å². The molecular weight excluding hydrogens is 196 g/mol. The van der Waals surface area contributed by atoms with E-state index in [2.05, 4.69) is 31.0 Å². The minimum absolute atomic E-state index is 0.758. The Morgan fingerprint density at radius 2 is 1.75 bits per heavy atom. The highest BCUT2D eigenvalue weighted by atomic mass is 15.2. The summed E-state index contributed by atoms with van der Waals surface area (Å²) in [5, 5.41) is 3.70. The lowest BCUT2D eigenvalue weighted by Crippen LogP contribution is -2.49. The first kappa shape index (κ1) is 12.4. The molecule has 16 heavy (non-hydrogen) atoms. The number of hydrogen-bond donors (Lipinski definition) is 1. The molecule has 94 valence electrons. The highest BCUT2D eigenvalue weighted by Crippen LogP contribution is 2.23. The van der Waals surface area contributed by atoms with Crippen LogP contribution < -0.4 is 5.32 Å². The minimum Gasteiger partial charge on any atom is -0.312 e. The Morgan fingerprint density at radius 3 is 2.25 bits per heavy atom. The summed E-state index contributed by atoms with van der Waals surface area (Å²) in [6.07, 6.45) is 5.60. The number of nitrogens with zero attached hydrogens (tertiary/aromatic N) is 1. The zero-order valence-electron chi connectivity index (χ0n) is 11.2. The van der Waals surface area contributed by atoms with Crippen LogP contribution in [0.25, 0.3) is 0 Å². The van der Waals surface area contributed by atoms with Gasteiger partial charge < -0.3 is 5.32 Å². The highest BCUT2D eigenvalue weighted by molar-refractivity contribution is 4.86. The molecule has 0 spiro atoms. The third-order valence-corrected chi connectivity index (χ3v) is 4.25. The summed E-state index contributed by atoms with van der Waals surface area (Å²) in [4.78, 5) is 2.72. The first-order valence-electron chi connectivity index (χ1n) is 7.14. The molecule has 1 saturated carbocycles. The Kier molecular flexibility index (Phi) is 4.26. The van der Waals surface area contributed by atoms with Crippen LogP contribution in [0.15, 0.2) is 0 Å². The zero-order chi connectivity index (χ0) is 11.5. The monoisotopic (exact) mass is 224 g/mol. The number of likely N-dealkylation sites (tertiary alicyclic amines) is 1. The van der Waals surface area contributed by atoms with Gasteiger partial charge in [-0.25, -0.2) is 0 Å². The topological polar surface area (TPSA) is 15.3 Å². The molecule has 0 aromatic carbocycles. The van der Waals surface area contributed by atoms with Crippen molar-refractivity contribution < 1.29 is 0 Å². The average Bonchev–Trinajstić information content (AvgIpc) is 3.04. The van der Waals surface area contributed by atoms with Crippen molar-refractivity contribution in [3.63, 3.8) is 0 Å². The van der Waals surface area contributed by atoms with Crippen molar-refractivity contribution in [3.8, 4) is 0 Å². The molecule has 2 fully saturated rings. The lowest BCUT2D eigenvalue weighted by atomic mass is 9.94. The van der Waals surface area contributed by atoms with Gasteiger partial charge in [0.25, 0.3) is 0 Å². The van der Waals surface area contributed by atoms with E-state index in [0.29, 0.717) is 0 Å². The summed E-state index contributed by atoms with van der Waals surface area (Å²) in [6, 6.07) is 1.61. The van der Waals surface area contributed by atoms with Crippen LogP contribution in [-0.2, 0) is 0 Å². The van der Waals surface area contributed by atoms with E-state index >= 15 is 0 Å². The number of hydrogen-bond acceptors (Lipinski definition) is 2. The lowest BCUT2D eigenvalue weighted by molar-refractivity contribution is 0.107. The van der Waals surface area contributed by atoms with Crippen molar-refractivity contribution in [2.75, 3.05) is 19.6 Å². The van der Waals surface area contributed by atoms with E-state index < -0.39 is 0 Å². The molecule has 1 atom stereocenters. The molecule has 1 aliphatic carbocycles. The predicted octanol–water partition coefficient (Wildman–Crippen LogP) is 2.49. The van der Waals surface area contributed by atoms with Gasteiger partial charge in [-0.3, -0.25) is 4.90 Å². The van der Waals surface area contributed by atoms with E-state index in [1.807, 2.05) is 0 Å². The lowest BCUT2D eigenvalue weighted by Gasteiger charge is -2.39. The van der Waals surface area contributed by atoms with E-state index in [-0.39, 0.29) is 0 Å². The van der Waals surface area contributed by atoms with E-state index in [9.17, 15) is 0 Å². The number of nitrogens with one attached hydrogen (secondary N) is 1. The van der Waals surface area contributed by atoms with Gasteiger partial charge in [-0.05, 0) is 50.6 Å². The summed E-state index contributed by atoms with van der Waals surface area (Å²) in [6.45, 7) is 11.0. The molecule has 0 aromatic heterocycles. The summed E-state index contributed by atoms with van der Waals surface area (Å²) in [7, 11) is 0. The molecule has 1 N–H and O–H groups in total. The summed E-state index contributed by atoms with van der Waals surface area (Å²) in [5.41, 5.74) is 0. The van der Waals surface area contributed by atoms with Crippen LogP contribution in [0.5, 0.6) is 0 Å². The molecule has 0 bridgehead atoms. The van der Waals surface area contributed by atoms with Crippen LogP contribution in [-0.4, -0.2) is 36.6 Å². The van der Waals surface area contributed by atoms with Gasteiger partial charge in [-0.1, -0.05) is 20.8 Å². The fraction of sp³-hybridized carbons (Fsp3) is 1.00. The fourth-order valence-electron chi connectivity index (χ4n) is 2.72. The first-order valence-corrected chi connectivity index (χ1v) is 7.14. The Bertz CT molecular complexity index is 203. The SMILES string of the molecule is CC1CCN(C(CNC2CC2)C(C)C)CC1. The molecular formula is C14H28N2. The summed E-state index contributed by atoms with van der Waals surface area (Å²) >= 11 is 0. The Hall–Kier alpha value is -0.0800. The second-order valence-corrected chi connectivity index (χ2v) is 6.21. The molecule has 2 aliphatic rings. The second kappa shape index (κ2) is 5.50. The van der Waals surface area contributed by atoms with Crippen LogP contribution in [0.1, 0.15) is 46.5 Å². The maximum Gasteiger partial charge on any atom is 0.0243 e. The molecule has 2 rings (SSSR count). The second-order valence-electron chi connectivity index (χ2n) is 6.21. The van der Waals surface area contributed by atoms with Gasteiger partial charge in [-0.15, -0.1) is 0 Å². The van der Waals surface area contributed by atoms with E-state index in [1.54, 1.807) is 0 Å². The van der Waals surface area contributed by atoms with Gasteiger partial charge in [0.15, 0.2) is 0 Å². The van der Waals surface area contributed by atoms with E-state index in [4.69, 9.17) is 0 Å². The molecule has 0 radical (unpaired) electrons. The standard InChI is InChI=1S/C14H28N2/c1-11(2)14(10-15-13-4-5-13)16-8-6-12(3)7-9-16/h11-15H,4-10H2,1-3H3. The maximum atomic E-state index is 3.70. The van der Waals surface area contributed by atoms with Crippen molar-refractivity contribution in [1.82, 2.24) is 10.2 Å². The van der Waals surface area contributed by atoms with Crippen molar-refractivity contribution in [3.05, 3.63) is 0 Å². The molecule has 0 amide bonds. The fourth-order valence-corrected chi connectivity index (χ4v) is 2.72. The van der Waals surface area contributed by atoms with Crippen molar-refractivity contribution in [2.45, 2.75) is 58.5 Å². The van der Waals surface area contributed by atoms with E-state index in [1.165, 1.54) is 45.3 Å². The number of piperidine rings is 1. The van der Waals surface area contributed by atoms with Gasteiger partial charge in [0, 0.05) is 18.6 Å². The molecule has 1 aliphatic heterocycles. The molecule has 1 unspecified atom stereocenters. The number of rotatable bonds is 5. The van der Waals surface area contributed by atoms with E-state index in [0.717, 1.165) is 23.9 Å². The third-order valence-electron chi connectivity index (χ3n) is 4.25. The van der Waals surface area contributed by atoms with Crippen molar-refractivity contribution in [2.24, 2.45) is 11.8 Å². The quantitative estimate of drug-likeness (QED) is 0.772. The van der Waals surface area contributed by atoms with Crippen molar-refractivity contribution >= 4 is 0 Å².